The van der Waals surface area contributed by atoms with Gasteiger partial charge in [-0.1, -0.05) is 97.1 Å². The Balaban J connectivity index is 2.81. The van der Waals surface area contributed by atoms with Crippen molar-refractivity contribution in [2.45, 2.75) is 123 Å². The number of aromatic carboxylic acids is 1. The third-order valence-electron chi connectivity index (χ3n) is 6.30. The van der Waals surface area contributed by atoms with E-state index in [0.29, 0.717) is 0 Å². The second kappa shape index (κ2) is 15.9. The highest BCUT2D eigenvalue weighted by molar-refractivity contribution is 6.02. The fourth-order valence-corrected chi connectivity index (χ4v) is 4.21. The molecule has 1 aromatic carbocycles. The molecule has 4 heteroatoms. The van der Waals surface area contributed by atoms with Crippen molar-refractivity contribution in [2.24, 2.45) is 0 Å². The van der Waals surface area contributed by atoms with E-state index in [0.717, 1.165) is 44.9 Å². The summed E-state index contributed by atoms with van der Waals surface area (Å²) in [5, 5.41) is 9.45. The van der Waals surface area contributed by atoms with E-state index in [1.54, 1.807) is 18.2 Å². The minimum Gasteiger partial charge on any atom is -0.478 e. The zero-order valence-corrected chi connectivity index (χ0v) is 20.1. The Bertz CT molecular complexity index is 622. The van der Waals surface area contributed by atoms with E-state index in [-0.39, 0.29) is 11.1 Å². The SMILES string of the molecule is CCCCCCCCC(CC)(CCCCCCCC)OC(=O)c1ccccc1C(=O)O. The van der Waals surface area contributed by atoms with Gasteiger partial charge in [-0.3, -0.25) is 0 Å². The topological polar surface area (TPSA) is 63.6 Å². The van der Waals surface area contributed by atoms with Crippen molar-refractivity contribution in [3.05, 3.63) is 35.4 Å². The number of benzene rings is 1. The van der Waals surface area contributed by atoms with Crippen molar-refractivity contribution >= 4 is 11.9 Å². The zero-order chi connectivity index (χ0) is 23.0. The first kappa shape index (κ1) is 27.2. The summed E-state index contributed by atoms with van der Waals surface area (Å²) >= 11 is 0. The number of carboxylic acid groups (broad SMARTS) is 1. The molecule has 1 N–H and O–H groups in total. The molecule has 31 heavy (non-hydrogen) atoms. The molecule has 0 atom stereocenters. The van der Waals surface area contributed by atoms with Gasteiger partial charge in [0.15, 0.2) is 0 Å². The van der Waals surface area contributed by atoms with E-state index < -0.39 is 17.5 Å². The van der Waals surface area contributed by atoms with E-state index in [4.69, 9.17) is 4.74 Å². The Morgan fingerprint density at radius 1 is 0.742 bits per heavy atom. The summed E-state index contributed by atoms with van der Waals surface area (Å²) in [7, 11) is 0. The van der Waals surface area contributed by atoms with E-state index in [1.165, 1.54) is 57.4 Å². The molecular formula is C27H44O4. The fourth-order valence-electron chi connectivity index (χ4n) is 4.21. The molecule has 0 saturated carbocycles. The Labute approximate surface area is 189 Å². The van der Waals surface area contributed by atoms with Gasteiger partial charge >= 0.3 is 11.9 Å². The first-order valence-corrected chi connectivity index (χ1v) is 12.5. The average Bonchev–Trinajstić information content (AvgIpc) is 2.78. The van der Waals surface area contributed by atoms with Crippen molar-refractivity contribution in [1.29, 1.82) is 0 Å². The molecule has 0 fully saturated rings. The van der Waals surface area contributed by atoms with Crippen LogP contribution in [0, 0.1) is 0 Å². The Morgan fingerprint density at radius 3 is 1.65 bits per heavy atom. The van der Waals surface area contributed by atoms with Crippen molar-refractivity contribution in [3.8, 4) is 0 Å². The second-order valence-electron chi connectivity index (χ2n) is 8.81. The van der Waals surface area contributed by atoms with E-state index in [9.17, 15) is 14.7 Å². The molecule has 0 saturated heterocycles. The van der Waals surface area contributed by atoms with Gasteiger partial charge in [-0.05, 0) is 44.2 Å². The molecule has 0 amide bonds. The van der Waals surface area contributed by atoms with Gasteiger partial charge < -0.3 is 9.84 Å². The van der Waals surface area contributed by atoms with Crippen molar-refractivity contribution in [1.82, 2.24) is 0 Å². The smallest absolute Gasteiger partial charge is 0.339 e. The van der Waals surface area contributed by atoms with Crippen LogP contribution >= 0.6 is 0 Å². The van der Waals surface area contributed by atoms with Crippen LogP contribution in [0.2, 0.25) is 0 Å². The lowest BCUT2D eigenvalue weighted by Crippen LogP contribution is -2.35. The van der Waals surface area contributed by atoms with Crippen LogP contribution in [0.4, 0.5) is 0 Å². The Hall–Kier alpha value is -1.84. The maximum Gasteiger partial charge on any atom is 0.339 e. The highest BCUT2D eigenvalue weighted by Crippen LogP contribution is 2.32. The summed E-state index contributed by atoms with van der Waals surface area (Å²) in [6.45, 7) is 6.53. The van der Waals surface area contributed by atoms with Crippen LogP contribution in [0.5, 0.6) is 0 Å². The summed E-state index contributed by atoms with van der Waals surface area (Å²) in [5.41, 5.74) is -0.339. The van der Waals surface area contributed by atoms with Crippen molar-refractivity contribution in [2.75, 3.05) is 0 Å². The minimum absolute atomic E-state index is 0.0108. The van der Waals surface area contributed by atoms with Crippen LogP contribution in [0.15, 0.2) is 24.3 Å². The van der Waals surface area contributed by atoms with Gasteiger partial charge in [-0.2, -0.15) is 0 Å². The van der Waals surface area contributed by atoms with Gasteiger partial charge in [0.25, 0.3) is 0 Å². The first-order chi connectivity index (χ1) is 15.0. The quantitative estimate of drug-likeness (QED) is 0.187. The number of carboxylic acids is 1. The highest BCUT2D eigenvalue weighted by atomic mass is 16.6. The zero-order valence-electron chi connectivity index (χ0n) is 20.1. The molecule has 0 bridgehead atoms. The summed E-state index contributed by atoms with van der Waals surface area (Å²) in [6.07, 6.45) is 16.9. The Morgan fingerprint density at radius 2 is 1.19 bits per heavy atom. The maximum absolute atomic E-state index is 13.0. The number of carbonyl (C=O) groups excluding carboxylic acids is 1. The lowest BCUT2D eigenvalue weighted by molar-refractivity contribution is -0.0325. The van der Waals surface area contributed by atoms with Crippen molar-refractivity contribution in [3.63, 3.8) is 0 Å². The van der Waals surface area contributed by atoms with Crippen LogP contribution in [0.1, 0.15) is 138 Å². The lowest BCUT2D eigenvalue weighted by atomic mass is 9.87. The molecule has 0 aliphatic carbocycles. The number of hydrogen-bond acceptors (Lipinski definition) is 3. The lowest BCUT2D eigenvalue weighted by Gasteiger charge is -2.33. The molecule has 1 rings (SSSR count). The van der Waals surface area contributed by atoms with Gasteiger partial charge in [0.1, 0.15) is 5.60 Å². The molecule has 0 heterocycles. The molecule has 1 aromatic rings. The summed E-state index contributed by atoms with van der Waals surface area (Å²) in [5.74, 6) is -1.60. The predicted octanol–water partition coefficient (Wildman–Crippen LogP) is 8.19. The normalized spacial score (nSPS) is 11.5. The second-order valence-corrected chi connectivity index (χ2v) is 8.81. The fraction of sp³-hybridized carbons (Fsp3) is 0.704. The molecule has 0 radical (unpaired) electrons. The van der Waals surface area contributed by atoms with Gasteiger partial charge in [0, 0.05) is 0 Å². The van der Waals surface area contributed by atoms with Crippen molar-refractivity contribution < 1.29 is 19.4 Å². The molecule has 176 valence electrons. The maximum atomic E-state index is 13.0. The van der Waals surface area contributed by atoms with Gasteiger partial charge in [-0.25, -0.2) is 9.59 Å². The molecular weight excluding hydrogens is 388 g/mol. The van der Waals surface area contributed by atoms with Crippen LogP contribution in [0.3, 0.4) is 0 Å². The average molecular weight is 433 g/mol. The minimum atomic E-state index is -1.10. The van der Waals surface area contributed by atoms with Crippen LogP contribution in [-0.2, 0) is 4.74 Å². The predicted molar refractivity (Wildman–Crippen MR) is 128 cm³/mol. The molecule has 4 nitrogen and oxygen atoms in total. The Kier molecular flexibility index (Phi) is 13.9. The summed E-state index contributed by atoms with van der Waals surface area (Å²) < 4.78 is 6.12. The standard InChI is InChI=1S/C27H44O4/c1-4-7-9-11-13-17-21-27(6-3,22-18-14-12-10-8-5-2)31-26(30)24-20-16-15-19-23(24)25(28)29/h15-16,19-20H,4-14,17-18,21-22H2,1-3H3,(H,28,29). The third kappa shape index (κ3) is 10.3. The third-order valence-corrected chi connectivity index (χ3v) is 6.30. The first-order valence-electron chi connectivity index (χ1n) is 12.5. The monoisotopic (exact) mass is 432 g/mol. The van der Waals surface area contributed by atoms with Gasteiger partial charge in [-0.15, -0.1) is 0 Å². The number of ether oxygens (including phenoxy) is 1. The molecule has 0 aliphatic heterocycles. The number of esters is 1. The largest absolute Gasteiger partial charge is 0.478 e. The van der Waals surface area contributed by atoms with E-state index in [2.05, 4.69) is 20.8 Å². The van der Waals surface area contributed by atoms with Crippen LogP contribution < -0.4 is 0 Å². The number of hydrogen-bond donors (Lipinski definition) is 1. The number of carbonyl (C=O) groups is 2. The summed E-state index contributed by atoms with van der Waals surface area (Å²) in [6, 6.07) is 6.35. The molecule has 0 unspecified atom stereocenters. The summed E-state index contributed by atoms with van der Waals surface area (Å²) in [4.78, 5) is 24.6. The van der Waals surface area contributed by atoms with Crippen LogP contribution in [-0.4, -0.2) is 22.6 Å². The van der Waals surface area contributed by atoms with Gasteiger partial charge in [0.05, 0.1) is 11.1 Å². The number of rotatable bonds is 18. The van der Waals surface area contributed by atoms with E-state index >= 15 is 0 Å². The molecule has 0 spiro atoms. The highest BCUT2D eigenvalue weighted by Gasteiger charge is 2.33. The van der Waals surface area contributed by atoms with Gasteiger partial charge in [0.2, 0.25) is 0 Å². The van der Waals surface area contributed by atoms with Crippen LogP contribution in [0.25, 0.3) is 0 Å². The van der Waals surface area contributed by atoms with E-state index in [1.807, 2.05) is 0 Å². The molecule has 0 aliphatic rings. The number of unbranched alkanes of at least 4 members (excludes halogenated alkanes) is 10. The molecule has 0 aromatic heterocycles.